The van der Waals surface area contributed by atoms with Crippen LogP contribution in [-0.4, -0.2) is 17.6 Å². The molecule has 0 saturated heterocycles. The van der Waals surface area contributed by atoms with Crippen LogP contribution in [0.3, 0.4) is 0 Å². The van der Waals surface area contributed by atoms with Gasteiger partial charge >= 0.3 is 0 Å². The molecule has 2 aromatic rings. The molecular weight excluding hydrogens is 309 g/mol. The molecule has 0 aromatic heterocycles. The molecule has 0 aliphatic rings. The first-order valence-corrected chi connectivity index (χ1v) is 7.96. The maximum Gasteiger partial charge on any atom is 0.227 e. The number of amides is 1. The van der Waals surface area contributed by atoms with Gasteiger partial charge in [-0.1, -0.05) is 19.1 Å². The topological polar surface area (TPSA) is 58.6 Å². The normalized spacial score (nSPS) is 11.8. The summed E-state index contributed by atoms with van der Waals surface area (Å²) in [7, 11) is 0. The highest BCUT2D eigenvalue weighted by Crippen LogP contribution is 2.23. The molecule has 5 heteroatoms. The number of benzene rings is 2. The minimum absolute atomic E-state index is 0.142. The minimum atomic E-state index is -1.05. The average molecular weight is 331 g/mol. The van der Waals surface area contributed by atoms with Crippen molar-refractivity contribution in [2.24, 2.45) is 0 Å². The van der Waals surface area contributed by atoms with Gasteiger partial charge in [-0.15, -0.1) is 0 Å². The Morgan fingerprint density at radius 3 is 2.75 bits per heavy atom. The fourth-order valence-electron chi connectivity index (χ4n) is 2.29. The number of ether oxygens (including phenoxy) is 1. The van der Waals surface area contributed by atoms with Gasteiger partial charge in [0.15, 0.2) is 0 Å². The predicted molar refractivity (Wildman–Crippen MR) is 91.6 cm³/mol. The van der Waals surface area contributed by atoms with Gasteiger partial charge in [0, 0.05) is 5.69 Å². The summed E-state index contributed by atoms with van der Waals surface area (Å²) in [5, 5.41) is 12.8. The summed E-state index contributed by atoms with van der Waals surface area (Å²) in [6, 6.07) is 11.0. The summed E-state index contributed by atoms with van der Waals surface area (Å²) < 4.78 is 18.7. The third kappa shape index (κ3) is 5.06. The minimum Gasteiger partial charge on any atom is -0.494 e. The molecule has 1 atom stereocenters. The van der Waals surface area contributed by atoms with Crippen molar-refractivity contribution in [3.8, 4) is 5.75 Å². The van der Waals surface area contributed by atoms with Gasteiger partial charge in [0.25, 0.3) is 0 Å². The third-order valence-corrected chi connectivity index (χ3v) is 3.56. The van der Waals surface area contributed by atoms with E-state index in [1.807, 2.05) is 19.9 Å². The molecule has 128 valence electrons. The van der Waals surface area contributed by atoms with Crippen molar-refractivity contribution < 1.29 is 19.0 Å². The van der Waals surface area contributed by atoms with Crippen molar-refractivity contribution in [1.29, 1.82) is 0 Å². The molecule has 0 aliphatic heterocycles. The monoisotopic (exact) mass is 331 g/mol. The number of hydrogen-bond donors (Lipinski definition) is 2. The zero-order valence-electron chi connectivity index (χ0n) is 13.9. The predicted octanol–water partition coefficient (Wildman–Crippen LogP) is 3.99. The number of nitrogens with one attached hydrogen (secondary N) is 1. The molecule has 0 aliphatic carbocycles. The van der Waals surface area contributed by atoms with Crippen LogP contribution in [-0.2, 0) is 4.79 Å². The molecule has 2 aromatic carbocycles. The van der Waals surface area contributed by atoms with Gasteiger partial charge in [-0.25, -0.2) is 4.39 Å². The standard InChI is InChI=1S/C19H22FNO3/c1-3-9-24-16-7-8-17(13(2)10-16)21-19(23)12-18(22)14-5-4-6-15(20)11-14/h4-8,10-11,18,22H,3,9,12H2,1-2H3,(H,21,23). The van der Waals surface area contributed by atoms with E-state index in [0.717, 1.165) is 17.7 Å². The summed E-state index contributed by atoms with van der Waals surface area (Å²) in [4.78, 5) is 12.1. The molecule has 4 nitrogen and oxygen atoms in total. The fraction of sp³-hybridized carbons (Fsp3) is 0.316. The lowest BCUT2D eigenvalue weighted by Gasteiger charge is -2.13. The number of aryl methyl sites for hydroxylation is 1. The van der Waals surface area contributed by atoms with Crippen molar-refractivity contribution in [2.45, 2.75) is 32.8 Å². The summed E-state index contributed by atoms with van der Waals surface area (Å²) in [5.74, 6) is -0.0188. The summed E-state index contributed by atoms with van der Waals surface area (Å²) >= 11 is 0. The van der Waals surface area contributed by atoms with Crippen molar-refractivity contribution >= 4 is 11.6 Å². The molecule has 0 saturated carbocycles. The Labute approximate surface area is 141 Å². The largest absolute Gasteiger partial charge is 0.494 e. The molecule has 1 unspecified atom stereocenters. The van der Waals surface area contributed by atoms with Crippen molar-refractivity contribution in [3.63, 3.8) is 0 Å². The van der Waals surface area contributed by atoms with Crippen LogP contribution >= 0.6 is 0 Å². The molecule has 0 radical (unpaired) electrons. The molecule has 0 heterocycles. The van der Waals surface area contributed by atoms with E-state index in [-0.39, 0.29) is 12.3 Å². The van der Waals surface area contributed by atoms with Crippen LogP contribution in [0.2, 0.25) is 0 Å². The molecule has 0 bridgehead atoms. The molecule has 0 fully saturated rings. The number of carbonyl (C=O) groups is 1. The second kappa shape index (κ2) is 8.45. The number of halogens is 1. The highest BCUT2D eigenvalue weighted by Gasteiger charge is 2.14. The van der Waals surface area contributed by atoms with Crippen LogP contribution in [0.5, 0.6) is 5.75 Å². The SMILES string of the molecule is CCCOc1ccc(NC(=O)CC(O)c2cccc(F)c2)c(C)c1. The van der Waals surface area contributed by atoms with Gasteiger partial charge in [0.05, 0.1) is 19.1 Å². The Balaban J connectivity index is 1.96. The number of aliphatic hydroxyl groups excluding tert-OH is 1. The maximum atomic E-state index is 13.2. The van der Waals surface area contributed by atoms with Crippen LogP contribution in [0.25, 0.3) is 0 Å². The Morgan fingerprint density at radius 2 is 2.08 bits per heavy atom. The number of anilines is 1. The molecule has 24 heavy (non-hydrogen) atoms. The van der Waals surface area contributed by atoms with Crippen molar-refractivity contribution in [1.82, 2.24) is 0 Å². The highest BCUT2D eigenvalue weighted by molar-refractivity contribution is 5.92. The number of hydrogen-bond acceptors (Lipinski definition) is 3. The van der Waals surface area contributed by atoms with Gasteiger partial charge < -0.3 is 15.2 Å². The van der Waals surface area contributed by atoms with E-state index in [1.54, 1.807) is 18.2 Å². The van der Waals surface area contributed by atoms with Gasteiger partial charge in [0.2, 0.25) is 5.91 Å². The molecule has 0 spiro atoms. The first kappa shape index (κ1) is 17.9. The Hall–Kier alpha value is -2.40. The summed E-state index contributed by atoms with van der Waals surface area (Å²) in [6.45, 7) is 4.55. The molecular formula is C19H22FNO3. The van der Waals surface area contributed by atoms with Crippen LogP contribution in [0, 0.1) is 12.7 Å². The number of rotatable bonds is 7. The molecule has 1 amide bonds. The van der Waals surface area contributed by atoms with Gasteiger partial charge in [0.1, 0.15) is 11.6 Å². The van der Waals surface area contributed by atoms with E-state index in [9.17, 15) is 14.3 Å². The zero-order valence-corrected chi connectivity index (χ0v) is 13.9. The zero-order chi connectivity index (χ0) is 17.5. The molecule has 2 rings (SSSR count). The first-order chi connectivity index (χ1) is 11.5. The first-order valence-electron chi connectivity index (χ1n) is 7.96. The fourth-order valence-corrected chi connectivity index (χ4v) is 2.29. The lowest BCUT2D eigenvalue weighted by atomic mass is 10.1. The van der Waals surface area contributed by atoms with Crippen LogP contribution in [0.1, 0.15) is 37.0 Å². The number of carbonyl (C=O) groups excluding carboxylic acids is 1. The van der Waals surface area contributed by atoms with E-state index in [0.29, 0.717) is 17.9 Å². The Kier molecular flexibility index (Phi) is 6.32. The Morgan fingerprint density at radius 1 is 1.29 bits per heavy atom. The van der Waals surface area contributed by atoms with Gasteiger partial charge in [-0.2, -0.15) is 0 Å². The van der Waals surface area contributed by atoms with Crippen molar-refractivity contribution in [3.05, 3.63) is 59.4 Å². The van der Waals surface area contributed by atoms with Crippen LogP contribution in [0.15, 0.2) is 42.5 Å². The van der Waals surface area contributed by atoms with E-state index in [2.05, 4.69) is 5.32 Å². The highest BCUT2D eigenvalue weighted by atomic mass is 19.1. The van der Waals surface area contributed by atoms with E-state index >= 15 is 0 Å². The second-order valence-corrected chi connectivity index (χ2v) is 5.65. The maximum absolute atomic E-state index is 13.2. The van der Waals surface area contributed by atoms with E-state index in [4.69, 9.17) is 4.74 Å². The molecule has 2 N–H and O–H groups in total. The summed E-state index contributed by atoms with van der Waals surface area (Å²) in [5.41, 5.74) is 1.91. The lowest BCUT2D eigenvalue weighted by molar-refractivity contribution is -0.118. The van der Waals surface area contributed by atoms with Crippen LogP contribution in [0.4, 0.5) is 10.1 Å². The third-order valence-electron chi connectivity index (χ3n) is 3.56. The van der Waals surface area contributed by atoms with Gasteiger partial charge in [-0.3, -0.25) is 4.79 Å². The number of aliphatic hydroxyl groups is 1. The quantitative estimate of drug-likeness (QED) is 0.806. The van der Waals surface area contributed by atoms with Gasteiger partial charge in [-0.05, 0) is 54.8 Å². The van der Waals surface area contributed by atoms with E-state index < -0.39 is 11.9 Å². The average Bonchev–Trinajstić information content (AvgIpc) is 2.55. The van der Waals surface area contributed by atoms with E-state index in [1.165, 1.54) is 18.2 Å². The second-order valence-electron chi connectivity index (χ2n) is 5.65. The van der Waals surface area contributed by atoms with Crippen LogP contribution < -0.4 is 10.1 Å². The summed E-state index contributed by atoms with van der Waals surface area (Å²) in [6.07, 6.45) is -0.264. The lowest BCUT2D eigenvalue weighted by Crippen LogP contribution is -2.16. The smallest absolute Gasteiger partial charge is 0.227 e. The Bertz CT molecular complexity index is 703. The van der Waals surface area contributed by atoms with Crippen molar-refractivity contribution in [2.75, 3.05) is 11.9 Å².